The molecule has 0 saturated carbocycles. The molecule has 1 unspecified atom stereocenters. The normalized spacial score (nSPS) is 23.3. The first kappa shape index (κ1) is 13.1. The fraction of sp³-hybridized carbons (Fsp3) is 0.500. The third kappa shape index (κ3) is 2.71. The number of amides is 1. The van der Waals surface area contributed by atoms with Crippen molar-refractivity contribution in [2.75, 3.05) is 18.5 Å². The van der Waals surface area contributed by atoms with Crippen LogP contribution in [0.25, 0.3) is 0 Å². The molecule has 1 aliphatic heterocycles. The van der Waals surface area contributed by atoms with E-state index in [1.54, 1.807) is 0 Å². The standard InChI is InChI=1S/C14H20N2O2/c1-10(2)11-4-3-5-12(8-11)16-13(17)14(15)6-7-18-9-14/h3-5,8,10H,6-7,9,15H2,1-2H3,(H,16,17). The average molecular weight is 248 g/mol. The minimum atomic E-state index is -0.881. The summed E-state index contributed by atoms with van der Waals surface area (Å²) in [6.07, 6.45) is 0.572. The number of nitrogens with one attached hydrogen (secondary N) is 1. The third-order valence-corrected chi connectivity index (χ3v) is 3.32. The van der Waals surface area contributed by atoms with Crippen molar-refractivity contribution < 1.29 is 9.53 Å². The molecular formula is C14H20N2O2. The Bertz CT molecular complexity index is 437. The first-order valence-electron chi connectivity index (χ1n) is 6.29. The van der Waals surface area contributed by atoms with Gasteiger partial charge in [0.2, 0.25) is 5.91 Å². The second-order valence-corrected chi connectivity index (χ2v) is 5.19. The molecule has 1 aliphatic rings. The number of hydrogen-bond acceptors (Lipinski definition) is 3. The molecule has 0 aromatic heterocycles. The van der Waals surface area contributed by atoms with Crippen LogP contribution >= 0.6 is 0 Å². The van der Waals surface area contributed by atoms with Crippen LogP contribution in [0.15, 0.2) is 24.3 Å². The number of ether oxygens (including phenoxy) is 1. The quantitative estimate of drug-likeness (QED) is 0.858. The number of carbonyl (C=O) groups excluding carboxylic acids is 1. The fourth-order valence-electron chi connectivity index (χ4n) is 1.99. The molecule has 0 radical (unpaired) electrons. The molecule has 1 amide bonds. The summed E-state index contributed by atoms with van der Waals surface area (Å²) in [5.41, 5.74) is 7.12. The smallest absolute Gasteiger partial charge is 0.246 e. The average Bonchev–Trinajstić information content (AvgIpc) is 2.78. The molecule has 1 saturated heterocycles. The summed E-state index contributed by atoms with van der Waals surface area (Å²) in [7, 11) is 0. The van der Waals surface area contributed by atoms with E-state index >= 15 is 0 Å². The predicted octanol–water partition coefficient (Wildman–Crippen LogP) is 1.87. The third-order valence-electron chi connectivity index (χ3n) is 3.32. The zero-order valence-electron chi connectivity index (χ0n) is 10.9. The van der Waals surface area contributed by atoms with E-state index in [1.165, 1.54) is 5.56 Å². The maximum absolute atomic E-state index is 12.1. The summed E-state index contributed by atoms with van der Waals surface area (Å²) in [5, 5.41) is 2.88. The van der Waals surface area contributed by atoms with Crippen molar-refractivity contribution in [2.24, 2.45) is 5.73 Å². The van der Waals surface area contributed by atoms with Gasteiger partial charge >= 0.3 is 0 Å². The van der Waals surface area contributed by atoms with E-state index in [1.807, 2.05) is 18.2 Å². The van der Waals surface area contributed by atoms with Gasteiger partial charge in [-0.05, 0) is 30.0 Å². The van der Waals surface area contributed by atoms with E-state index in [9.17, 15) is 4.79 Å². The lowest BCUT2D eigenvalue weighted by Gasteiger charge is -2.21. The van der Waals surface area contributed by atoms with Crippen LogP contribution in [-0.4, -0.2) is 24.7 Å². The van der Waals surface area contributed by atoms with Crippen LogP contribution in [0.3, 0.4) is 0 Å². The van der Waals surface area contributed by atoms with Gasteiger partial charge in [-0.3, -0.25) is 4.79 Å². The Morgan fingerprint density at radius 3 is 2.89 bits per heavy atom. The lowest BCUT2D eigenvalue weighted by Crippen LogP contribution is -2.51. The van der Waals surface area contributed by atoms with E-state index in [-0.39, 0.29) is 5.91 Å². The summed E-state index contributed by atoms with van der Waals surface area (Å²) >= 11 is 0. The fourth-order valence-corrected chi connectivity index (χ4v) is 1.99. The van der Waals surface area contributed by atoms with Gasteiger partial charge in [0, 0.05) is 12.3 Å². The van der Waals surface area contributed by atoms with Crippen molar-refractivity contribution in [3.05, 3.63) is 29.8 Å². The molecule has 1 aromatic carbocycles. The summed E-state index contributed by atoms with van der Waals surface area (Å²) in [4.78, 5) is 12.1. The molecule has 0 bridgehead atoms. The molecule has 1 heterocycles. The van der Waals surface area contributed by atoms with Crippen LogP contribution in [0.4, 0.5) is 5.69 Å². The summed E-state index contributed by atoms with van der Waals surface area (Å²) < 4.78 is 5.20. The second kappa shape index (κ2) is 5.08. The van der Waals surface area contributed by atoms with Crippen molar-refractivity contribution in [1.82, 2.24) is 0 Å². The van der Waals surface area contributed by atoms with Gasteiger partial charge in [0.25, 0.3) is 0 Å². The van der Waals surface area contributed by atoms with Crippen molar-refractivity contribution in [3.8, 4) is 0 Å². The lowest BCUT2D eigenvalue weighted by molar-refractivity contribution is -0.121. The Morgan fingerprint density at radius 2 is 2.28 bits per heavy atom. The number of rotatable bonds is 3. The maximum atomic E-state index is 12.1. The highest BCUT2D eigenvalue weighted by molar-refractivity contribution is 5.98. The Morgan fingerprint density at radius 1 is 1.50 bits per heavy atom. The first-order valence-corrected chi connectivity index (χ1v) is 6.29. The highest BCUT2D eigenvalue weighted by Crippen LogP contribution is 2.21. The topological polar surface area (TPSA) is 64.4 Å². The maximum Gasteiger partial charge on any atom is 0.246 e. The van der Waals surface area contributed by atoms with Crippen LogP contribution in [0, 0.1) is 0 Å². The van der Waals surface area contributed by atoms with Crippen molar-refractivity contribution >= 4 is 11.6 Å². The molecule has 1 aromatic rings. The lowest BCUT2D eigenvalue weighted by atomic mass is 9.98. The van der Waals surface area contributed by atoms with Gasteiger partial charge in [0.1, 0.15) is 5.54 Å². The van der Waals surface area contributed by atoms with E-state index in [0.29, 0.717) is 25.6 Å². The highest BCUT2D eigenvalue weighted by atomic mass is 16.5. The van der Waals surface area contributed by atoms with E-state index in [2.05, 4.69) is 25.2 Å². The Labute approximate surface area is 108 Å². The number of hydrogen-bond donors (Lipinski definition) is 2. The summed E-state index contributed by atoms with van der Waals surface area (Å²) in [6, 6.07) is 7.86. The predicted molar refractivity (Wildman–Crippen MR) is 71.5 cm³/mol. The molecule has 98 valence electrons. The van der Waals surface area contributed by atoms with Crippen molar-refractivity contribution in [3.63, 3.8) is 0 Å². The Hall–Kier alpha value is -1.39. The Kier molecular flexibility index (Phi) is 3.68. The van der Waals surface area contributed by atoms with Crippen LogP contribution in [0.2, 0.25) is 0 Å². The molecule has 1 atom stereocenters. The molecule has 3 N–H and O–H groups in total. The first-order chi connectivity index (χ1) is 8.51. The van der Waals surface area contributed by atoms with Gasteiger partial charge < -0.3 is 15.8 Å². The second-order valence-electron chi connectivity index (χ2n) is 5.19. The molecule has 1 fully saturated rings. The number of anilines is 1. The van der Waals surface area contributed by atoms with Gasteiger partial charge in [-0.2, -0.15) is 0 Å². The van der Waals surface area contributed by atoms with Gasteiger partial charge in [-0.25, -0.2) is 0 Å². The monoisotopic (exact) mass is 248 g/mol. The van der Waals surface area contributed by atoms with Crippen molar-refractivity contribution in [1.29, 1.82) is 0 Å². The molecule has 4 heteroatoms. The van der Waals surface area contributed by atoms with Gasteiger partial charge in [0.15, 0.2) is 0 Å². The van der Waals surface area contributed by atoms with Crippen LogP contribution in [-0.2, 0) is 9.53 Å². The van der Waals surface area contributed by atoms with Gasteiger partial charge in [-0.15, -0.1) is 0 Å². The SMILES string of the molecule is CC(C)c1cccc(NC(=O)C2(N)CCOC2)c1. The zero-order chi connectivity index (χ0) is 13.2. The molecule has 4 nitrogen and oxygen atoms in total. The molecule has 0 spiro atoms. The van der Waals surface area contributed by atoms with E-state index < -0.39 is 5.54 Å². The summed E-state index contributed by atoms with van der Waals surface area (Å²) in [6.45, 7) is 5.09. The number of benzene rings is 1. The van der Waals surface area contributed by atoms with Crippen molar-refractivity contribution in [2.45, 2.75) is 31.7 Å². The van der Waals surface area contributed by atoms with E-state index in [4.69, 9.17) is 10.5 Å². The van der Waals surface area contributed by atoms with Crippen LogP contribution in [0.5, 0.6) is 0 Å². The van der Waals surface area contributed by atoms with Crippen LogP contribution < -0.4 is 11.1 Å². The minimum absolute atomic E-state index is 0.166. The highest BCUT2D eigenvalue weighted by Gasteiger charge is 2.38. The van der Waals surface area contributed by atoms with Crippen LogP contribution in [0.1, 0.15) is 31.7 Å². The number of carbonyl (C=O) groups is 1. The molecule has 2 rings (SSSR count). The molecule has 18 heavy (non-hydrogen) atoms. The zero-order valence-corrected chi connectivity index (χ0v) is 10.9. The largest absolute Gasteiger partial charge is 0.379 e. The number of nitrogens with two attached hydrogens (primary N) is 1. The molecule has 0 aliphatic carbocycles. The minimum Gasteiger partial charge on any atom is -0.379 e. The Balaban J connectivity index is 2.09. The van der Waals surface area contributed by atoms with E-state index in [0.717, 1.165) is 5.69 Å². The summed E-state index contributed by atoms with van der Waals surface area (Å²) in [5.74, 6) is 0.268. The van der Waals surface area contributed by atoms with Gasteiger partial charge in [0.05, 0.1) is 6.61 Å². The van der Waals surface area contributed by atoms with Gasteiger partial charge in [-0.1, -0.05) is 26.0 Å². The molecular weight excluding hydrogens is 228 g/mol.